The van der Waals surface area contributed by atoms with E-state index in [4.69, 9.17) is 0 Å². The SMILES string of the molecule is CS(=O)(=O)c1ccc(Sc2ccccc2[N+](=O)[O-])c(NC=O)c1. The molecular formula is C14H12N2O5S2. The van der Waals surface area contributed by atoms with Gasteiger partial charge in [0, 0.05) is 17.2 Å². The molecule has 0 radical (unpaired) electrons. The fraction of sp³-hybridized carbons (Fsp3) is 0.0714. The van der Waals surface area contributed by atoms with E-state index < -0.39 is 14.8 Å². The van der Waals surface area contributed by atoms with Crippen molar-refractivity contribution in [2.75, 3.05) is 11.6 Å². The summed E-state index contributed by atoms with van der Waals surface area (Å²) in [6.45, 7) is 0. The van der Waals surface area contributed by atoms with Gasteiger partial charge >= 0.3 is 0 Å². The molecule has 0 saturated heterocycles. The van der Waals surface area contributed by atoms with Crippen LogP contribution in [0.4, 0.5) is 11.4 Å². The molecule has 0 saturated carbocycles. The Morgan fingerprint density at radius 2 is 1.87 bits per heavy atom. The van der Waals surface area contributed by atoms with Crippen molar-refractivity contribution in [3.05, 3.63) is 52.6 Å². The van der Waals surface area contributed by atoms with Gasteiger partial charge < -0.3 is 5.32 Å². The minimum absolute atomic E-state index is 0.0498. The number of sulfone groups is 1. The average molecular weight is 352 g/mol. The van der Waals surface area contributed by atoms with E-state index in [2.05, 4.69) is 5.32 Å². The van der Waals surface area contributed by atoms with Crippen LogP contribution < -0.4 is 5.32 Å². The smallest absolute Gasteiger partial charge is 0.283 e. The van der Waals surface area contributed by atoms with Crippen molar-refractivity contribution in [2.24, 2.45) is 0 Å². The molecule has 0 fully saturated rings. The fourth-order valence-electron chi connectivity index (χ4n) is 1.82. The van der Waals surface area contributed by atoms with E-state index in [0.717, 1.165) is 18.0 Å². The molecule has 0 spiro atoms. The van der Waals surface area contributed by atoms with Gasteiger partial charge in [0.2, 0.25) is 6.41 Å². The van der Waals surface area contributed by atoms with Gasteiger partial charge in [-0.1, -0.05) is 23.9 Å². The van der Waals surface area contributed by atoms with Crippen LogP contribution in [-0.4, -0.2) is 26.0 Å². The molecule has 0 aliphatic heterocycles. The fourth-order valence-corrected chi connectivity index (χ4v) is 3.46. The van der Waals surface area contributed by atoms with Crippen LogP contribution in [-0.2, 0) is 14.6 Å². The number of para-hydroxylation sites is 1. The molecule has 2 rings (SSSR count). The highest BCUT2D eigenvalue weighted by molar-refractivity contribution is 7.99. The number of nitro benzene ring substituents is 1. The van der Waals surface area contributed by atoms with Crippen LogP contribution in [0.5, 0.6) is 0 Å². The van der Waals surface area contributed by atoms with Gasteiger partial charge in [-0.2, -0.15) is 0 Å². The zero-order valence-electron chi connectivity index (χ0n) is 11.9. The third-order valence-electron chi connectivity index (χ3n) is 2.88. The Morgan fingerprint density at radius 1 is 1.17 bits per heavy atom. The van der Waals surface area contributed by atoms with Crippen molar-refractivity contribution in [1.29, 1.82) is 0 Å². The number of carbonyl (C=O) groups is 1. The van der Waals surface area contributed by atoms with E-state index in [0.29, 0.717) is 16.2 Å². The van der Waals surface area contributed by atoms with E-state index in [1.165, 1.54) is 24.3 Å². The number of amides is 1. The summed E-state index contributed by atoms with van der Waals surface area (Å²) >= 11 is 1.07. The molecule has 1 amide bonds. The van der Waals surface area contributed by atoms with E-state index in [-0.39, 0.29) is 16.3 Å². The largest absolute Gasteiger partial charge is 0.328 e. The second-order valence-corrected chi connectivity index (χ2v) is 7.62. The van der Waals surface area contributed by atoms with Crippen LogP contribution in [0.3, 0.4) is 0 Å². The molecule has 0 atom stereocenters. The number of hydrogen-bond donors (Lipinski definition) is 1. The lowest BCUT2D eigenvalue weighted by molar-refractivity contribution is -0.387. The van der Waals surface area contributed by atoms with Gasteiger partial charge in [-0.05, 0) is 24.3 Å². The topological polar surface area (TPSA) is 106 Å². The molecule has 7 nitrogen and oxygen atoms in total. The number of carbonyl (C=O) groups excluding carboxylic acids is 1. The molecule has 1 N–H and O–H groups in total. The second-order valence-electron chi connectivity index (χ2n) is 4.52. The van der Waals surface area contributed by atoms with Crippen LogP contribution in [0.2, 0.25) is 0 Å². The third kappa shape index (κ3) is 4.08. The summed E-state index contributed by atoms with van der Waals surface area (Å²) in [6.07, 6.45) is 1.48. The average Bonchev–Trinajstić information content (AvgIpc) is 2.48. The highest BCUT2D eigenvalue weighted by atomic mass is 32.2. The number of anilines is 1. The van der Waals surface area contributed by atoms with Gasteiger partial charge in [-0.3, -0.25) is 14.9 Å². The zero-order valence-corrected chi connectivity index (χ0v) is 13.6. The first-order valence-corrected chi connectivity index (χ1v) is 8.99. The van der Waals surface area contributed by atoms with Gasteiger partial charge in [0.1, 0.15) is 0 Å². The summed E-state index contributed by atoms with van der Waals surface area (Å²) < 4.78 is 23.2. The Hall–Kier alpha value is -2.39. The Morgan fingerprint density at radius 3 is 2.48 bits per heavy atom. The molecule has 0 bridgehead atoms. The van der Waals surface area contributed by atoms with E-state index in [1.54, 1.807) is 18.2 Å². The lowest BCUT2D eigenvalue weighted by Crippen LogP contribution is -2.01. The van der Waals surface area contributed by atoms with Gasteiger partial charge in [0.05, 0.1) is 20.4 Å². The molecular weight excluding hydrogens is 340 g/mol. The molecule has 120 valence electrons. The Bertz CT molecular complexity index is 865. The number of nitrogens with zero attached hydrogens (tertiary/aromatic N) is 1. The Kier molecular flexibility index (Phi) is 5.02. The number of nitrogens with one attached hydrogen (secondary N) is 1. The van der Waals surface area contributed by atoms with Crippen LogP contribution in [0.15, 0.2) is 57.2 Å². The maximum Gasteiger partial charge on any atom is 0.283 e. The van der Waals surface area contributed by atoms with Gasteiger partial charge in [-0.25, -0.2) is 8.42 Å². The molecule has 23 heavy (non-hydrogen) atoms. The number of hydrogen-bond acceptors (Lipinski definition) is 6. The maximum atomic E-state index is 11.6. The van der Waals surface area contributed by atoms with Crippen molar-refractivity contribution >= 4 is 39.4 Å². The summed E-state index contributed by atoms with van der Waals surface area (Å²) in [5, 5.41) is 13.5. The van der Waals surface area contributed by atoms with E-state index in [1.807, 2.05) is 0 Å². The molecule has 0 aliphatic rings. The van der Waals surface area contributed by atoms with Crippen LogP contribution in [0.1, 0.15) is 0 Å². The molecule has 9 heteroatoms. The quantitative estimate of drug-likeness (QED) is 0.487. The predicted octanol–water partition coefficient (Wildman–Crippen LogP) is 2.72. The van der Waals surface area contributed by atoms with Crippen molar-refractivity contribution in [2.45, 2.75) is 14.7 Å². The first-order chi connectivity index (χ1) is 10.8. The molecule has 0 aromatic heterocycles. The van der Waals surface area contributed by atoms with Crippen LogP contribution in [0, 0.1) is 10.1 Å². The Labute approximate surface area is 136 Å². The Balaban J connectivity index is 2.48. The highest BCUT2D eigenvalue weighted by Crippen LogP contribution is 2.38. The standard InChI is InChI=1S/C14H12N2O5S2/c1-23(20,21)10-6-7-13(11(8-10)15-9-17)22-14-5-3-2-4-12(14)16(18)19/h2-9H,1H3,(H,15,17). The predicted molar refractivity (Wildman–Crippen MR) is 86.5 cm³/mol. The maximum absolute atomic E-state index is 11.6. The summed E-state index contributed by atoms with van der Waals surface area (Å²) in [5.41, 5.74) is 0.202. The molecule has 0 aliphatic carbocycles. The summed E-state index contributed by atoms with van der Waals surface area (Å²) in [4.78, 5) is 22.2. The number of rotatable bonds is 6. The van der Waals surface area contributed by atoms with Crippen molar-refractivity contribution in [3.63, 3.8) is 0 Å². The van der Waals surface area contributed by atoms with Gasteiger partial charge in [0.15, 0.2) is 9.84 Å². The first-order valence-electron chi connectivity index (χ1n) is 6.28. The second kappa shape index (κ2) is 6.80. The molecule has 2 aromatic rings. The van der Waals surface area contributed by atoms with Gasteiger partial charge in [0.25, 0.3) is 5.69 Å². The monoisotopic (exact) mass is 352 g/mol. The summed E-state index contributed by atoms with van der Waals surface area (Å²) in [6, 6.07) is 10.4. The third-order valence-corrected chi connectivity index (χ3v) is 5.13. The van der Waals surface area contributed by atoms with E-state index >= 15 is 0 Å². The molecule has 2 aromatic carbocycles. The van der Waals surface area contributed by atoms with Gasteiger partial charge in [-0.15, -0.1) is 0 Å². The van der Waals surface area contributed by atoms with E-state index in [9.17, 15) is 23.3 Å². The number of nitro groups is 1. The normalized spacial score (nSPS) is 11.0. The van der Waals surface area contributed by atoms with Crippen LogP contribution in [0.25, 0.3) is 0 Å². The van der Waals surface area contributed by atoms with Crippen LogP contribution >= 0.6 is 11.8 Å². The number of benzene rings is 2. The zero-order chi connectivity index (χ0) is 17.0. The first kappa shape index (κ1) is 17.0. The van der Waals surface area contributed by atoms with Crippen molar-refractivity contribution in [3.8, 4) is 0 Å². The molecule has 0 unspecified atom stereocenters. The molecule has 0 heterocycles. The summed E-state index contributed by atoms with van der Waals surface area (Å²) in [7, 11) is -3.43. The lowest BCUT2D eigenvalue weighted by Gasteiger charge is -2.10. The summed E-state index contributed by atoms with van der Waals surface area (Å²) in [5.74, 6) is 0. The van der Waals surface area contributed by atoms with Crippen molar-refractivity contribution in [1.82, 2.24) is 0 Å². The minimum atomic E-state index is -3.43. The lowest BCUT2D eigenvalue weighted by atomic mass is 10.3. The highest BCUT2D eigenvalue weighted by Gasteiger charge is 2.17. The van der Waals surface area contributed by atoms with Crippen molar-refractivity contribution < 1.29 is 18.1 Å². The minimum Gasteiger partial charge on any atom is -0.328 e.